The molecule has 4 rings (SSSR count). The Labute approximate surface area is 174 Å². The maximum absolute atomic E-state index is 13.7. The molecule has 3 N–H and O–H groups in total. The van der Waals surface area contributed by atoms with Crippen molar-refractivity contribution in [3.8, 4) is 5.75 Å². The van der Waals surface area contributed by atoms with Crippen LogP contribution in [0.3, 0.4) is 0 Å². The number of nitrogens with one attached hydrogen (secondary N) is 3. The van der Waals surface area contributed by atoms with E-state index in [1.54, 1.807) is 47.1 Å². The minimum atomic E-state index is -0.355. The van der Waals surface area contributed by atoms with Crippen LogP contribution in [-0.2, 0) is 18.4 Å². The normalized spacial score (nSPS) is 18.4. The summed E-state index contributed by atoms with van der Waals surface area (Å²) < 4.78 is 21.1. The van der Waals surface area contributed by atoms with Crippen LogP contribution in [0.5, 0.6) is 5.75 Å². The molecule has 1 fully saturated rings. The number of hydrogen-bond acceptors (Lipinski definition) is 5. The van der Waals surface area contributed by atoms with Crippen LogP contribution in [0.1, 0.15) is 29.3 Å². The number of amides is 1. The number of aryl methyl sites for hydroxylation is 2. The Hall–Kier alpha value is -3.23. The first-order valence-corrected chi connectivity index (χ1v) is 9.78. The average molecular weight is 409 g/mol. The van der Waals surface area contributed by atoms with Crippen molar-refractivity contribution in [2.75, 3.05) is 5.32 Å². The summed E-state index contributed by atoms with van der Waals surface area (Å²) in [7, 11) is 1.88. The molecule has 1 aliphatic heterocycles. The molecule has 1 aliphatic rings. The maximum Gasteiger partial charge on any atom is 0.242 e. The van der Waals surface area contributed by atoms with Gasteiger partial charge in [0.1, 0.15) is 24.2 Å². The Kier molecular flexibility index (Phi) is 5.78. The standard InChI is InChI=1S/C22H24FN5O2/c1-14-18(12-28(2)27-14)20-11-21(26-25-20)22(29)24-16-7-9-17(10-8-16)30-13-15-5-3-4-6-19(15)23/h3-10,12,20-21,25-26H,11,13H2,1-2H3,(H,24,29). The molecule has 2 atom stereocenters. The van der Waals surface area contributed by atoms with Crippen molar-refractivity contribution in [1.29, 1.82) is 0 Å². The highest BCUT2D eigenvalue weighted by Crippen LogP contribution is 2.25. The van der Waals surface area contributed by atoms with Crippen LogP contribution in [0, 0.1) is 12.7 Å². The number of halogens is 1. The molecule has 2 heterocycles. The molecular weight excluding hydrogens is 385 g/mol. The van der Waals surface area contributed by atoms with Crippen molar-refractivity contribution in [2.24, 2.45) is 7.05 Å². The molecule has 0 bridgehead atoms. The smallest absolute Gasteiger partial charge is 0.242 e. The second-order valence-electron chi connectivity index (χ2n) is 7.37. The van der Waals surface area contributed by atoms with E-state index in [-0.39, 0.29) is 30.4 Å². The summed E-state index contributed by atoms with van der Waals surface area (Å²) in [5, 5.41) is 7.26. The molecule has 156 valence electrons. The van der Waals surface area contributed by atoms with Crippen LogP contribution >= 0.6 is 0 Å². The van der Waals surface area contributed by atoms with Crippen LogP contribution in [-0.4, -0.2) is 21.7 Å². The summed E-state index contributed by atoms with van der Waals surface area (Å²) in [6.45, 7) is 2.10. The van der Waals surface area contributed by atoms with Crippen LogP contribution < -0.4 is 20.9 Å². The van der Waals surface area contributed by atoms with Gasteiger partial charge in [0.25, 0.3) is 0 Å². The summed E-state index contributed by atoms with van der Waals surface area (Å²) in [4.78, 5) is 12.6. The molecule has 0 saturated carbocycles. The zero-order valence-corrected chi connectivity index (χ0v) is 16.9. The molecule has 0 spiro atoms. The summed E-state index contributed by atoms with van der Waals surface area (Å²) in [5.74, 6) is 0.189. The van der Waals surface area contributed by atoms with Crippen LogP contribution in [0.15, 0.2) is 54.7 Å². The predicted octanol–water partition coefficient (Wildman–Crippen LogP) is 2.99. The Morgan fingerprint density at radius 2 is 2.00 bits per heavy atom. The van der Waals surface area contributed by atoms with E-state index in [9.17, 15) is 9.18 Å². The Bertz CT molecular complexity index is 1030. The molecule has 0 aliphatic carbocycles. The maximum atomic E-state index is 13.7. The van der Waals surface area contributed by atoms with Crippen molar-refractivity contribution in [2.45, 2.75) is 32.0 Å². The summed E-state index contributed by atoms with van der Waals surface area (Å²) in [5.41, 5.74) is 9.42. The van der Waals surface area contributed by atoms with Gasteiger partial charge in [0, 0.05) is 30.1 Å². The molecule has 1 aromatic heterocycles. The summed E-state index contributed by atoms with van der Waals surface area (Å²) in [6.07, 6.45) is 2.59. The fourth-order valence-electron chi connectivity index (χ4n) is 3.53. The molecule has 8 heteroatoms. The number of carbonyl (C=O) groups excluding carboxylic acids is 1. The van der Waals surface area contributed by atoms with E-state index in [4.69, 9.17) is 4.74 Å². The quantitative estimate of drug-likeness (QED) is 0.583. The van der Waals surface area contributed by atoms with Gasteiger partial charge in [-0.05, 0) is 43.7 Å². The third-order valence-electron chi connectivity index (χ3n) is 5.12. The van der Waals surface area contributed by atoms with E-state index >= 15 is 0 Å². The number of benzene rings is 2. The lowest BCUT2D eigenvalue weighted by atomic mass is 10.0. The van der Waals surface area contributed by atoms with Crippen LogP contribution in [0.25, 0.3) is 0 Å². The number of hydrogen-bond donors (Lipinski definition) is 3. The van der Waals surface area contributed by atoms with E-state index in [0.29, 0.717) is 23.4 Å². The lowest BCUT2D eigenvalue weighted by Crippen LogP contribution is -2.39. The largest absolute Gasteiger partial charge is 0.489 e. The monoisotopic (exact) mass is 409 g/mol. The Morgan fingerprint density at radius 3 is 2.70 bits per heavy atom. The van der Waals surface area contributed by atoms with E-state index in [2.05, 4.69) is 21.3 Å². The molecule has 3 aromatic rings. The highest BCUT2D eigenvalue weighted by atomic mass is 19.1. The number of hydrazine groups is 1. The fraction of sp³-hybridized carbons (Fsp3) is 0.273. The number of aromatic nitrogens is 2. The van der Waals surface area contributed by atoms with Gasteiger partial charge in [0.2, 0.25) is 5.91 Å². The number of nitrogens with zero attached hydrogens (tertiary/aromatic N) is 2. The zero-order valence-electron chi connectivity index (χ0n) is 16.9. The van der Waals surface area contributed by atoms with E-state index in [0.717, 1.165) is 11.3 Å². The van der Waals surface area contributed by atoms with Gasteiger partial charge in [-0.25, -0.2) is 15.2 Å². The SMILES string of the molecule is Cc1nn(C)cc1C1CC(C(=O)Nc2ccc(OCc3ccccc3F)cc2)NN1. The first kappa shape index (κ1) is 20.1. The van der Waals surface area contributed by atoms with Gasteiger partial charge in [-0.3, -0.25) is 9.48 Å². The average Bonchev–Trinajstić information content (AvgIpc) is 3.34. The van der Waals surface area contributed by atoms with E-state index < -0.39 is 0 Å². The third-order valence-corrected chi connectivity index (χ3v) is 5.12. The van der Waals surface area contributed by atoms with Crippen molar-refractivity contribution in [3.05, 3.63) is 77.4 Å². The van der Waals surface area contributed by atoms with Crippen LogP contribution in [0.2, 0.25) is 0 Å². The lowest BCUT2D eigenvalue weighted by molar-refractivity contribution is -0.117. The van der Waals surface area contributed by atoms with Crippen molar-refractivity contribution < 1.29 is 13.9 Å². The third kappa shape index (κ3) is 4.50. The number of carbonyl (C=O) groups is 1. The first-order valence-electron chi connectivity index (χ1n) is 9.78. The Morgan fingerprint density at radius 1 is 1.23 bits per heavy atom. The minimum absolute atomic E-state index is 0.0311. The summed E-state index contributed by atoms with van der Waals surface area (Å²) >= 11 is 0. The first-order chi connectivity index (χ1) is 14.5. The van der Waals surface area contributed by atoms with Gasteiger partial charge in [-0.2, -0.15) is 5.10 Å². The molecule has 1 amide bonds. The minimum Gasteiger partial charge on any atom is -0.489 e. The van der Waals surface area contributed by atoms with Gasteiger partial charge in [0.05, 0.1) is 11.7 Å². The Balaban J connectivity index is 1.30. The van der Waals surface area contributed by atoms with Gasteiger partial charge in [0.15, 0.2) is 0 Å². The van der Waals surface area contributed by atoms with Gasteiger partial charge < -0.3 is 10.1 Å². The second kappa shape index (κ2) is 8.64. The predicted molar refractivity (Wildman–Crippen MR) is 111 cm³/mol. The van der Waals surface area contributed by atoms with Crippen molar-refractivity contribution in [1.82, 2.24) is 20.6 Å². The van der Waals surface area contributed by atoms with E-state index in [1.165, 1.54) is 6.07 Å². The molecule has 1 saturated heterocycles. The topological polar surface area (TPSA) is 80.2 Å². The molecule has 0 radical (unpaired) electrons. The zero-order chi connectivity index (χ0) is 21.1. The van der Waals surface area contributed by atoms with Crippen molar-refractivity contribution in [3.63, 3.8) is 0 Å². The molecule has 2 aromatic carbocycles. The summed E-state index contributed by atoms with van der Waals surface area (Å²) in [6, 6.07) is 13.2. The molecule has 2 unspecified atom stereocenters. The van der Waals surface area contributed by atoms with Crippen molar-refractivity contribution >= 4 is 11.6 Å². The number of rotatable bonds is 6. The van der Waals surface area contributed by atoms with Gasteiger partial charge >= 0.3 is 0 Å². The molecule has 30 heavy (non-hydrogen) atoms. The highest BCUT2D eigenvalue weighted by Gasteiger charge is 2.31. The second-order valence-corrected chi connectivity index (χ2v) is 7.37. The number of ether oxygens (including phenoxy) is 1. The lowest BCUT2D eigenvalue weighted by Gasteiger charge is -2.12. The molecule has 7 nitrogen and oxygen atoms in total. The van der Waals surface area contributed by atoms with E-state index in [1.807, 2.05) is 20.2 Å². The highest BCUT2D eigenvalue weighted by molar-refractivity contribution is 5.95. The van der Waals surface area contributed by atoms with Crippen LogP contribution in [0.4, 0.5) is 10.1 Å². The fourth-order valence-corrected chi connectivity index (χ4v) is 3.53. The number of anilines is 1. The van der Waals surface area contributed by atoms with Gasteiger partial charge in [-0.15, -0.1) is 0 Å². The molecular formula is C22H24FN5O2. The van der Waals surface area contributed by atoms with Gasteiger partial charge in [-0.1, -0.05) is 18.2 Å².